The smallest absolute Gasteiger partial charge is 0.243 e. The number of amides is 1. The molecule has 1 aliphatic heterocycles. The van der Waals surface area contributed by atoms with Gasteiger partial charge in [-0.05, 0) is 42.7 Å². The van der Waals surface area contributed by atoms with Crippen molar-refractivity contribution in [3.63, 3.8) is 0 Å². The molecule has 0 bridgehead atoms. The van der Waals surface area contributed by atoms with Crippen molar-refractivity contribution in [3.05, 3.63) is 65.7 Å². The summed E-state index contributed by atoms with van der Waals surface area (Å²) < 4.78 is 27.5. The minimum absolute atomic E-state index is 0.205. The Hall–Kier alpha value is -2.69. The maximum atomic E-state index is 13.1. The Balaban J connectivity index is 1.79. The van der Waals surface area contributed by atoms with Gasteiger partial charge in [0.1, 0.15) is 6.04 Å². The van der Waals surface area contributed by atoms with Gasteiger partial charge in [0.15, 0.2) is 0 Å². The minimum atomic E-state index is -3.72. The zero-order valence-electron chi connectivity index (χ0n) is 15.8. The van der Waals surface area contributed by atoms with Crippen LogP contribution in [-0.2, 0) is 21.4 Å². The summed E-state index contributed by atoms with van der Waals surface area (Å²) in [5.41, 5.74) is 1.45. The minimum Gasteiger partial charge on any atom is -0.340 e. The summed E-state index contributed by atoms with van der Waals surface area (Å²) in [4.78, 5) is 14.9. The number of carbonyl (C=O) groups excluding carboxylic acids is 1. The molecule has 7 heteroatoms. The fourth-order valence-corrected chi connectivity index (χ4v) is 5.13. The lowest BCUT2D eigenvalue weighted by atomic mass is 10.0. The first kappa shape index (κ1) is 20.1. The molecule has 1 unspecified atom stereocenters. The Kier molecular flexibility index (Phi) is 6.12. The number of piperidine rings is 1. The highest BCUT2D eigenvalue weighted by Crippen LogP contribution is 2.26. The van der Waals surface area contributed by atoms with Crippen LogP contribution in [0.4, 0.5) is 0 Å². The van der Waals surface area contributed by atoms with Crippen LogP contribution < -0.4 is 0 Å². The summed E-state index contributed by atoms with van der Waals surface area (Å²) in [6, 6.07) is 16.7. The Bertz CT molecular complexity index is 966. The van der Waals surface area contributed by atoms with Crippen LogP contribution in [0.5, 0.6) is 0 Å². The molecule has 1 aliphatic rings. The number of hydrogen-bond donors (Lipinski definition) is 0. The van der Waals surface area contributed by atoms with Gasteiger partial charge in [-0.3, -0.25) is 4.79 Å². The zero-order chi connectivity index (χ0) is 20.1. The molecular formula is C21H23N3O3S. The molecule has 0 saturated carbocycles. The fourth-order valence-electron chi connectivity index (χ4n) is 3.46. The van der Waals surface area contributed by atoms with Crippen molar-refractivity contribution < 1.29 is 13.2 Å². The third kappa shape index (κ3) is 4.24. The number of rotatable bonds is 5. The molecule has 0 N–H and O–H groups in total. The largest absolute Gasteiger partial charge is 0.340 e. The van der Waals surface area contributed by atoms with Gasteiger partial charge < -0.3 is 4.90 Å². The third-order valence-electron chi connectivity index (χ3n) is 4.97. The molecule has 2 aromatic carbocycles. The molecule has 0 radical (unpaired) electrons. The summed E-state index contributed by atoms with van der Waals surface area (Å²) in [6.07, 6.45) is 2.08. The molecule has 28 heavy (non-hydrogen) atoms. The molecule has 1 saturated heterocycles. The van der Waals surface area contributed by atoms with E-state index in [1.807, 2.05) is 12.1 Å². The summed E-state index contributed by atoms with van der Waals surface area (Å²) in [6.45, 7) is 0.707. The van der Waals surface area contributed by atoms with Gasteiger partial charge in [-0.15, -0.1) is 0 Å². The van der Waals surface area contributed by atoms with Crippen molar-refractivity contribution in [2.24, 2.45) is 0 Å². The normalized spacial score (nSPS) is 17.6. The van der Waals surface area contributed by atoms with Crippen molar-refractivity contribution in [2.45, 2.75) is 36.7 Å². The van der Waals surface area contributed by atoms with Gasteiger partial charge in [-0.25, -0.2) is 8.42 Å². The molecule has 0 aliphatic carbocycles. The van der Waals surface area contributed by atoms with Crippen molar-refractivity contribution in [1.82, 2.24) is 9.21 Å². The van der Waals surface area contributed by atoms with Crippen LogP contribution in [0.3, 0.4) is 0 Å². The monoisotopic (exact) mass is 397 g/mol. The zero-order valence-corrected chi connectivity index (χ0v) is 16.6. The fraction of sp³-hybridized carbons (Fsp3) is 0.333. The van der Waals surface area contributed by atoms with E-state index in [2.05, 4.69) is 6.07 Å². The van der Waals surface area contributed by atoms with Crippen molar-refractivity contribution in [1.29, 1.82) is 5.26 Å². The second kappa shape index (κ2) is 8.55. The van der Waals surface area contributed by atoms with E-state index in [-0.39, 0.29) is 10.8 Å². The molecule has 2 aromatic rings. The van der Waals surface area contributed by atoms with Crippen molar-refractivity contribution in [2.75, 3.05) is 13.6 Å². The second-order valence-corrected chi connectivity index (χ2v) is 8.83. The van der Waals surface area contributed by atoms with E-state index in [1.54, 1.807) is 54.4 Å². The van der Waals surface area contributed by atoms with Gasteiger partial charge in [0, 0.05) is 20.1 Å². The van der Waals surface area contributed by atoms with E-state index >= 15 is 0 Å². The number of sulfonamides is 1. The maximum absolute atomic E-state index is 13.1. The number of benzene rings is 2. The van der Waals surface area contributed by atoms with Gasteiger partial charge in [0.2, 0.25) is 15.9 Å². The second-order valence-electron chi connectivity index (χ2n) is 6.94. The van der Waals surface area contributed by atoms with Gasteiger partial charge in [-0.2, -0.15) is 9.57 Å². The Morgan fingerprint density at radius 3 is 2.46 bits per heavy atom. The lowest BCUT2D eigenvalue weighted by Crippen LogP contribution is -2.51. The standard InChI is InChI=1S/C21H23N3O3S/c1-23(16-18-12-10-17(15-22)11-13-18)21(25)20-9-5-6-14-24(20)28(26,27)19-7-3-2-4-8-19/h2-4,7-8,10-13,20H,5-6,9,14,16H2,1H3. The van der Waals surface area contributed by atoms with E-state index in [9.17, 15) is 13.2 Å². The molecule has 1 atom stereocenters. The Morgan fingerprint density at radius 2 is 1.82 bits per heavy atom. The third-order valence-corrected chi connectivity index (χ3v) is 6.89. The number of carbonyl (C=O) groups is 1. The van der Waals surface area contributed by atoms with Crippen LogP contribution in [-0.4, -0.2) is 43.2 Å². The van der Waals surface area contributed by atoms with Gasteiger partial charge in [0.05, 0.1) is 16.5 Å². The first-order chi connectivity index (χ1) is 13.4. The summed E-state index contributed by atoms with van der Waals surface area (Å²) in [5, 5.41) is 8.89. The van der Waals surface area contributed by atoms with Crippen LogP contribution in [0.1, 0.15) is 30.4 Å². The molecule has 0 aromatic heterocycles. The molecule has 1 fully saturated rings. The van der Waals surface area contributed by atoms with Crippen LogP contribution in [0.2, 0.25) is 0 Å². The SMILES string of the molecule is CN(Cc1ccc(C#N)cc1)C(=O)C1CCCCN1S(=O)(=O)c1ccccc1. The Morgan fingerprint density at radius 1 is 1.14 bits per heavy atom. The topological polar surface area (TPSA) is 81.5 Å². The quantitative estimate of drug-likeness (QED) is 0.777. The molecule has 146 valence electrons. The molecule has 0 spiro atoms. The van der Waals surface area contributed by atoms with Crippen LogP contribution in [0, 0.1) is 11.3 Å². The summed E-state index contributed by atoms with van der Waals surface area (Å²) in [5.74, 6) is -0.205. The van der Waals surface area contributed by atoms with E-state index in [1.165, 1.54) is 4.31 Å². The predicted octanol–water partition coefficient (Wildman–Crippen LogP) is 2.76. The summed E-state index contributed by atoms with van der Waals surface area (Å²) >= 11 is 0. The van der Waals surface area contributed by atoms with E-state index in [0.29, 0.717) is 25.1 Å². The molecule has 6 nitrogen and oxygen atoms in total. The lowest BCUT2D eigenvalue weighted by Gasteiger charge is -2.35. The number of nitrogens with zero attached hydrogens (tertiary/aromatic N) is 3. The average molecular weight is 398 g/mol. The van der Waals surface area contributed by atoms with Crippen molar-refractivity contribution >= 4 is 15.9 Å². The lowest BCUT2D eigenvalue weighted by molar-refractivity contribution is -0.135. The van der Waals surface area contributed by atoms with E-state index < -0.39 is 16.1 Å². The maximum Gasteiger partial charge on any atom is 0.243 e. The molecule has 1 heterocycles. The molecule has 3 rings (SSSR count). The highest BCUT2D eigenvalue weighted by atomic mass is 32.2. The van der Waals surface area contributed by atoms with Crippen molar-refractivity contribution in [3.8, 4) is 6.07 Å². The highest BCUT2D eigenvalue weighted by molar-refractivity contribution is 7.89. The first-order valence-electron chi connectivity index (χ1n) is 9.24. The van der Waals surface area contributed by atoms with Crippen LogP contribution >= 0.6 is 0 Å². The first-order valence-corrected chi connectivity index (χ1v) is 10.7. The van der Waals surface area contributed by atoms with E-state index in [4.69, 9.17) is 5.26 Å². The van der Waals surface area contributed by atoms with Gasteiger partial charge in [-0.1, -0.05) is 36.8 Å². The van der Waals surface area contributed by atoms with Gasteiger partial charge in [0.25, 0.3) is 0 Å². The number of nitriles is 1. The van der Waals surface area contributed by atoms with Gasteiger partial charge >= 0.3 is 0 Å². The molecular weight excluding hydrogens is 374 g/mol. The summed E-state index contributed by atoms with van der Waals surface area (Å²) in [7, 11) is -2.04. The van der Waals surface area contributed by atoms with Crippen LogP contribution in [0.15, 0.2) is 59.5 Å². The number of likely N-dealkylation sites (N-methyl/N-ethyl adjacent to an activating group) is 1. The Labute approximate surface area is 166 Å². The van der Waals surface area contributed by atoms with Crippen LogP contribution in [0.25, 0.3) is 0 Å². The predicted molar refractivity (Wildman–Crippen MR) is 106 cm³/mol. The average Bonchev–Trinajstić information content (AvgIpc) is 2.74. The number of hydrogen-bond acceptors (Lipinski definition) is 4. The highest BCUT2D eigenvalue weighted by Gasteiger charge is 2.38. The van der Waals surface area contributed by atoms with E-state index in [0.717, 1.165) is 18.4 Å². The molecule has 1 amide bonds.